The largest absolute Gasteiger partial charge is 0.481 e. The van der Waals surface area contributed by atoms with Gasteiger partial charge in [-0.3, -0.25) is 9.48 Å². The Balaban J connectivity index is 1.57. The van der Waals surface area contributed by atoms with E-state index < -0.39 is 11.9 Å². The maximum atomic E-state index is 11.6. The molecular formula is C17H18N6O2. The predicted molar refractivity (Wildman–Crippen MR) is 89.9 cm³/mol. The van der Waals surface area contributed by atoms with Crippen molar-refractivity contribution in [3.63, 3.8) is 0 Å². The number of aromatic nitrogens is 5. The third-order valence-corrected chi connectivity index (χ3v) is 4.55. The Morgan fingerprint density at radius 3 is 2.88 bits per heavy atom. The molecule has 2 atom stereocenters. The molecular weight excluding hydrogens is 320 g/mol. The van der Waals surface area contributed by atoms with Crippen molar-refractivity contribution in [1.82, 2.24) is 24.5 Å². The van der Waals surface area contributed by atoms with Gasteiger partial charge in [0.1, 0.15) is 11.7 Å². The minimum absolute atomic E-state index is 0.0132. The van der Waals surface area contributed by atoms with Crippen molar-refractivity contribution in [1.29, 1.82) is 0 Å². The van der Waals surface area contributed by atoms with Crippen molar-refractivity contribution < 1.29 is 9.90 Å². The normalized spacial score (nSPS) is 19.5. The van der Waals surface area contributed by atoms with Crippen molar-refractivity contribution in [3.8, 4) is 0 Å². The average Bonchev–Trinajstić information content (AvgIpc) is 3.20. The third-order valence-electron chi connectivity index (χ3n) is 4.55. The number of aliphatic carboxylic acids is 1. The molecule has 8 heteroatoms. The zero-order chi connectivity index (χ0) is 17.4. The topological polar surface area (TPSA) is 112 Å². The fourth-order valence-corrected chi connectivity index (χ4v) is 3.34. The van der Waals surface area contributed by atoms with Gasteiger partial charge >= 0.3 is 5.97 Å². The molecule has 25 heavy (non-hydrogen) atoms. The van der Waals surface area contributed by atoms with Gasteiger partial charge in [-0.15, -0.1) is 5.10 Å². The van der Waals surface area contributed by atoms with E-state index in [0.717, 1.165) is 11.1 Å². The first-order valence-corrected chi connectivity index (χ1v) is 8.09. The van der Waals surface area contributed by atoms with Gasteiger partial charge in [-0.25, -0.2) is 4.68 Å². The summed E-state index contributed by atoms with van der Waals surface area (Å²) in [6.07, 6.45) is 4.24. The van der Waals surface area contributed by atoms with Gasteiger partial charge < -0.3 is 10.8 Å². The number of nitrogens with zero attached hydrogens (tertiary/aromatic N) is 5. The number of carboxylic acids is 1. The Hall–Kier alpha value is -3.16. The highest BCUT2D eigenvalue weighted by Gasteiger charge is 2.35. The molecule has 0 saturated heterocycles. The fraction of sp³-hybridized carbons (Fsp3) is 0.294. The van der Waals surface area contributed by atoms with Gasteiger partial charge in [0.25, 0.3) is 0 Å². The summed E-state index contributed by atoms with van der Waals surface area (Å²) in [5, 5.41) is 18.1. The van der Waals surface area contributed by atoms with Crippen LogP contribution in [0.2, 0.25) is 0 Å². The van der Waals surface area contributed by atoms with E-state index in [0.29, 0.717) is 25.3 Å². The van der Waals surface area contributed by atoms with Crippen LogP contribution in [-0.4, -0.2) is 35.6 Å². The van der Waals surface area contributed by atoms with Gasteiger partial charge in [-0.1, -0.05) is 30.3 Å². The fourth-order valence-electron chi connectivity index (χ4n) is 3.34. The smallest absolute Gasteiger partial charge is 0.314 e. The Morgan fingerprint density at radius 1 is 1.32 bits per heavy atom. The number of nitrogens with two attached hydrogens (primary N) is 1. The molecule has 1 aliphatic rings. The van der Waals surface area contributed by atoms with Crippen LogP contribution in [0, 0.1) is 0 Å². The van der Waals surface area contributed by atoms with Gasteiger partial charge in [0.15, 0.2) is 0 Å². The van der Waals surface area contributed by atoms with E-state index in [1.807, 2.05) is 41.2 Å². The first-order chi connectivity index (χ1) is 12.1. The Kier molecular flexibility index (Phi) is 3.72. The molecule has 4 rings (SSSR count). The molecule has 3 heterocycles. The molecule has 0 radical (unpaired) electrons. The molecule has 2 aromatic heterocycles. The zero-order valence-electron chi connectivity index (χ0n) is 13.5. The van der Waals surface area contributed by atoms with E-state index in [4.69, 9.17) is 5.73 Å². The highest BCUT2D eigenvalue weighted by atomic mass is 16.4. The van der Waals surface area contributed by atoms with Crippen LogP contribution < -0.4 is 5.73 Å². The van der Waals surface area contributed by atoms with Crippen LogP contribution in [0.3, 0.4) is 0 Å². The van der Waals surface area contributed by atoms with Crippen LogP contribution in [0.25, 0.3) is 0 Å². The van der Waals surface area contributed by atoms with Gasteiger partial charge in [-0.2, -0.15) is 10.1 Å². The second kappa shape index (κ2) is 6.04. The van der Waals surface area contributed by atoms with Crippen LogP contribution in [-0.2, 0) is 17.9 Å². The van der Waals surface area contributed by atoms with E-state index in [1.165, 1.54) is 0 Å². The lowest BCUT2D eigenvalue weighted by Crippen LogP contribution is -2.28. The molecule has 1 aliphatic heterocycles. The molecule has 0 bridgehead atoms. The molecule has 0 aliphatic carbocycles. The van der Waals surface area contributed by atoms with Crippen LogP contribution in [0.15, 0.2) is 42.7 Å². The van der Waals surface area contributed by atoms with Crippen molar-refractivity contribution in [2.75, 3.05) is 5.73 Å². The van der Waals surface area contributed by atoms with E-state index in [2.05, 4.69) is 15.2 Å². The van der Waals surface area contributed by atoms with E-state index in [-0.39, 0.29) is 11.9 Å². The summed E-state index contributed by atoms with van der Waals surface area (Å²) in [6.45, 7) is 1.23. The predicted octanol–water partition coefficient (Wildman–Crippen LogP) is 1.46. The number of rotatable bonds is 4. The van der Waals surface area contributed by atoms with E-state index >= 15 is 0 Å². The maximum absolute atomic E-state index is 11.6. The van der Waals surface area contributed by atoms with Gasteiger partial charge in [0.05, 0.1) is 19.3 Å². The summed E-state index contributed by atoms with van der Waals surface area (Å²) in [6, 6.07) is 10.1. The maximum Gasteiger partial charge on any atom is 0.314 e. The molecule has 3 aromatic rings. The number of fused-ring (bicyclic) bond motifs is 1. The lowest BCUT2D eigenvalue weighted by atomic mass is 9.87. The van der Waals surface area contributed by atoms with Crippen molar-refractivity contribution in [3.05, 3.63) is 59.7 Å². The van der Waals surface area contributed by atoms with E-state index in [9.17, 15) is 9.90 Å². The van der Waals surface area contributed by atoms with Crippen LogP contribution in [0.1, 0.15) is 35.2 Å². The molecule has 0 saturated carbocycles. The van der Waals surface area contributed by atoms with E-state index in [1.54, 1.807) is 10.9 Å². The molecule has 2 unspecified atom stereocenters. The highest BCUT2D eigenvalue weighted by Crippen LogP contribution is 2.35. The molecule has 1 aromatic carbocycles. The Morgan fingerprint density at radius 2 is 2.12 bits per heavy atom. The lowest BCUT2D eigenvalue weighted by molar-refractivity contribution is -0.139. The monoisotopic (exact) mass is 338 g/mol. The molecule has 128 valence electrons. The Bertz CT molecular complexity index is 901. The van der Waals surface area contributed by atoms with Crippen molar-refractivity contribution >= 4 is 11.9 Å². The lowest BCUT2D eigenvalue weighted by Gasteiger charge is -2.26. The number of carbonyl (C=O) groups is 1. The molecule has 0 fully saturated rings. The number of benzene rings is 1. The molecule has 0 spiro atoms. The second-order valence-electron chi connectivity index (χ2n) is 6.29. The summed E-state index contributed by atoms with van der Waals surface area (Å²) in [5.41, 5.74) is 7.81. The molecule has 0 amide bonds. The second-order valence-corrected chi connectivity index (χ2v) is 6.29. The van der Waals surface area contributed by atoms with Crippen molar-refractivity contribution in [2.24, 2.45) is 0 Å². The molecule has 8 nitrogen and oxygen atoms in total. The first-order valence-electron chi connectivity index (χ1n) is 8.09. The summed E-state index contributed by atoms with van der Waals surface area (Å²) >= 11 is 0. The number of nitrogen functional groups attached to an aromatic ring is 1. The first kappa shape index (κ1) is 15.4. The Labute approximate surface area is 143 Å². The minimum atomic E-state index is -0.907. The third kappa shape index (κ3) is 2.98. The summed E-state index contributed by atoms with van der Waals surface area (Å²) < 4.78 is 3.47. The van der Waals surface area contributed by atoms with Crippen LogP contribution >= 0.6 is 0 Å². The quantitative estimate of drug-likeness (QED) is 0.745. The average molecular weight is 338 g/mol. The number of carboxylic acid groups (broad SMARTS) is 1. The van der Waals surface area contributed by atoms with Gasteiger partial charge in [-0.05, 0) is 17.5 Å². The summed E-state index contributed by atoms with van der Waals surface area (Å²) in [4.78, 5) is 15.7. The summed E-state index contributed by atoms with van der Waals surface area (Å²) in [5.74, 6) is -1.06. The summed E-state index contributed by atoms with van der Waals surface area (Å²) in [7, 11) is 0. The SMILES string of the molecule is Nc1nc2n(n1)CC(c1cnn(Cc3ccccc3)c1)CC2C(=O)O. The highest BCUT2D eigenvalue weighted by molar-refractivity contribution is 5.75. The van der Waals surface area contributed by atoms with Crippen molar-refractivity contribution in [2.45, 2.75) is 31.3 Å². The van der Waals surface area contributed by atoms with Crippen LogP contribution in [0.4, 0.5) is 5.95 Å². The number of anilines is 1. The zero-order valence-corrected chi connectivity index (χ0v) is 13.5. The van der Waals surface area contributed by atoms with Gasteiger partial charge in [0.2, 0.25) is 5.95 Å². The minimum Gasteiger partial charge on any atom is -0.481 e. The van der Waals surface area contributed by atoms with Crippen LogP contribution in [0.5, 0.6) is 0 Å². The number of hydrogen-bond acceptors (Lipinski definition) is 5. The molecule has 3 N–H and O–H groups in total. The van der Waals surface area contributed by atoms with Gasteiger partial charge in [0, 0.05) is 12.1 Å². The number of hydrogen-bond donors (Lipinski definition) is 2. The standard InChI is InChI=1S/C17H18N6O2/c18-17-20-15-14(16(24)25)6-12(10-23(15)21-17)13-7-19-22(9-13)8-11-4-2-1-3-5-11/h1-5,7,9,12,14H,6,8,10H2,(H2,18,21)(H,24,25).